The number of primary amides is 1. The van der Waals surface area contributed by atoms with E-state index >= 15 is 0 Å². The van der Waals surface area contributed by atoms with Crippen LogP contribution in [0.4, 0.5) is 0 Å². The van der Waals surface area contributed by atoms with Gasteiger partial charge in [0.25, 0.3) is 0 Å². The van der Waals surface area contributed by atoms with E-state index in [-0.39, 0.29) is 12.8 Å². The standard InChI is InChI=1S/C19H35N5O8/c1-5-8(2)14(23-17(29)13(21)9(3)25)18(30)22-11(6-7-12(20)27)16(28)24-15(10(4)26)19(31)32/h8-11,13-15,25-26H,5-7,21H2,1-4H3,(H2,20,27)(H,22,30)(H,23,29)(H,24,28)(H,31,32). The maximum absolute atomic E-state index is 12.9. The number of aliphatic hydroxyl groups excluding tert-OH is 2. The maximum Gasteiger partial charge on any atom is 0.328 e. The van der Waals surface area contributed by atoms with Crippen molar-refractivity contribution in [1.82, 2.24) is 16.0 Å². The first kappa shape index (κ1) is 29.2. The molecule has 0 fully saturated rings. The Balaban J connectivity index is 5.63. The fourth-order valence-electron chi connectivity index (χ4n) is 2.63. The van der Waals surface area contributed by atoms with Gasteiger partial charge in [-0.05, 0) is 26.2 Å². The van der Waals surface area contributed by atoms with Crippen LogP contribution in [0.5, 0.6) is 0 Å². The molecule has 7 unspecified atom stereocenters. The maximum atomic E-state index is 12.9. The van der Waals surface area contributed by atoms with E-state index in [1.165, 1.54) is 6.92 Å². The number of nitrogens with two attached hydrogens (primary N) is 2. The van der Waals surface area contributed by atoms with Crippen molar-refractivity contribution in [1.29, 1.82) is 0 Å². The van der Waals surface area contributed by atoms with Crippen LogP contribution in [0.2, 0.25) is 0 Å². The van der Waals surface area contributed by atoms with Crippen LogP contribution in [0, 0.1) is 5.92 Å². The van der Waals surface area contributed by atoms with Crippen LogP contribution in [0.3, 0.4) is 0 Å². The molecule has 0 aromatic rings. The van der Waals surface area contributed by atoms with Gasteiger partial charge in [-0.2, -0.15) is 0 Å². The molecule has 0 rings (SSSR count). The average molecular weight is 462 g/mol. The molecule has 0 saturated carbocycles. The van der Waals surface area contributed by atoms with Crippen LogP contribution in [0.15, 0.2) is 0 Å². The third-order valence-corrected chi connectivity index (χ3v) is 4.97. The quantitative estimate of drug-likeness (QED) is 0.131. The van der Waals surface area contributed by atoms with Crippen LogP contribution in [-0.4, -0.2) is 81.3 Å². The van der Waals surface area contributed by atoms with Gasteiger partial charge in [0, 0.05) is 6.42 Å². The van der Waals surface area contributed by atoms with Gasteiger partial charge >= 0.3 is 5.97 Å². The zero-order chi connectivity index (χ0) is 25.2. The van der Waals surface area contributed by atoms with Crippen LogP contribution in [0.25, 0.3) is 0 Å². The van der Waals surface area contributed by atoms with E-state index in [0.717, 1.165) is 6.92 Å². The van der Waals surface area contributed by atoms with Crippen molar-refractivity contribution in [3.63, 3.8) is 0 Å². The van der Waals surface area contributed by atoms with Gasteiger partial charge in [0.05, 0.1) is 12.2 Å². The number of hydrogen-bond donors (Lipinski definition) is 8. The molecule has 13 nitrogen and oxygen atoms in total. The topological polar surface area (TPSA) is 234 Å². The fourth-order valence-corrected chi connectivity index (χ4v) is 2.63. The van der Waals surface area contributed by atoms with E-state index in [0.29, 0.717) is 6.42 Å². The number of carbonyl (C=O) groups excluding carboxylic acids is 4. The lowest BCUT2D eigenvalue weighted by Crippen LogP contribution is -2.60. The third kappa shape index (κ3) is 9.58. The van der Waals surface area contributed by atoms with Gasteiger partial charge in [0.15, 0.2) is 6.04 Å². The molecule has 0 aliphatic carbocycles. The third-order valence-electron chi connectivity index (χ3n) is 4.97. The molecule has 0 aromatic carbocycles. The Labute approximate surface area is 186 Å². The summed E-state index contributed by atoms with van der Waals surface area (Å²) in [5, 5.41) is 35.2. The number of aliphatic carboxylic acids is 1. The van der Waals surface area contributed by atoms with Gasteiger partial charge in [-0.1, -0.05) is 20.3 Å². The number of amides is 4. The summed E-state index contributed by atoms with van der Waals surface area (Å²) in [7, 11) is 0. The highest BCUT2D eigenvalue weighted by Gasteiger charge is 2.34. The number of carboxylic acids is 1. The molecule has 0 aliphatic heterocycles. The van der Waals surface area contributed by atoms with E-state index in [1.54, 1.807) is 13.8 Å². The Morgan fingerprint density at radius 2 is 1.38 bits per heavy atom. The lowest BCUT2D eigenvalue weighted by molar-refractivity contribution is -0.145. The Hall–Kier alpha value is -2.77. The second-order valence-corrected chi connectivity index (χ2v) is 7.77. The molecule has 13 heteroatoms. The molecule has 7 atom stereocenters. The Kier molecular flexibility index (Phi) is 12.4. The normalized spacial score (nSPS) is 17.6. The predicted molar refractivity (Wildman–Crippen MR) is 113 cm³/mol. The van der Waals surface area contributed by atoms with Crippen LogP contribution >= 0.6 is 0 Å². The largest absolute Gasteiger partial charge is 0.480 e. The minimum Gasteiger partial charge on any atom is -0.480 e. The molecule has 0 spiro atoms. The molecular weight excluding hydrogens is 426 g/mol. The Morgan fingerprint density at radius 3 is 1.78 bits per heavy atom. The molecule has 0 saturated heterocycles. The molecule has 32 heavy (non-hydrogen) atoms. The van der Waals surface area contributed by atoms with E-state index in [1.807, 2.05) is 0 Å². The van der Waals surface area contributed by atoms with Crippen molar-refractivity contribution in [2.45, 2.75) is 83.3 Å². The highest BCUT2D eigenvalue weighted by Crippen LogP contribution is 2.10. The van der Waals surface area contributed by atoms with Crippen LogP contribution in [0.1, 0.15) is 47.0 Å². The summed E-state index contributed by atoms with van der Waals surface area (Å²) in [6.45, 7) is 5.91. The van der Waals surface area contributed by atoms with Gasteiger partial charge in [-0.25, -0.2) is 4.79 Å². The van der Waals surface area contributed by atoms with E-state index < -0.39 is 71.9 Å². The molecule has 4 amide bonds. The van der Waals surface area contributed by atoms with Crippen LogP contribution < -0.4 is 27.4 Å². The lowest BCUT2D eigenvalue weighted by Gasteiger charge is -2.28. The van der Waals surface area contributed by atoms with Gasteiger partial charge in [-0.15, -0.1) is 0 Å². The zero-order valence-corrected chi connectivity index (χ0v) is 18.7. The molecule has 184 valence electrons. The minimum atomic E-state index is -1.65. The van der Waals surface area contributed by atoms with Crippen molar-refractivity contribution in [3.8, 4) is 0 Å². The second-order valence-electron chi connectivity index (χ2n) is 7.77. The van der Waals surface area contributed by atoms with Gasteiger partial charge in [0.1, 0.15) is 18.1 Å². The van der Waals surface area contributed by atoms with Crippen molar-refractivity contribution in [2.24, 2.45) is 17.4 Å². The summed E-state index contributed by atoms with van der Waals surface area (Å²) in [4.78, 5) is 60.2. The molecule has 10 N–H and O–H groups in total. The molecule has 0 aliphatic rings. The lowest BCUT2D eigenvalue weighted by atomic mass is 9.96. The zero-order valence-electron chi connectivity index (χ0n) is 18.7. The Bertz CT molecular complexity index is 685. The summed E-state index contributed by atoms with van der Waals surface area (Å²) in [6.07, 6.45) is -2.68. The van der Waals surface area contributed by atoms with Crippen molar-refractivity contribution >= 4 is 29.6 Å². The van der Waals surface area contributed by atoms with Gasteiger partial charge in [-0.3, -0.25) is 19.2 Å². The molecule has 0 bridgehead atoms. The first-order chi connectivity index (χ1) is 14.7. The predicted octanol–water partition coefficient (Wildman–Crippen LogP) is -3.07. The monoisotopic (exact) mass is 461 g/mol. The van der Waals surface area contributed by atoms with Crippen molar-refractivity contribution < 1.29 is 39.3 Å². The van der Waals surface area contributed by atoms with Crippen LogP contribution in [-0.2, 0) is 24.0 Å². The van der Waals surface area contributed by atoms with E-state index in [9.17, 15) is 34.2 Å². The number of nitrogens with one attached hydrogen (secondary N) is 3. The van der Waals surface area contributed by atoms with Gasteiger partial charge < -0.3 is 42.7 Å². The number of carbonyl (C=O) groups is 5. The Morgan fingerprint density at radius 1 is 0.844 bits per heavy atom. The molecular formula is C19H35N5O8. The SMILES string of the molecule is CCC(C)C(NC(=O)C(N)C(C)O)C(=O)NC(CCC(N)=O)C(=O)NC(C(=O)O)C(C)O. The smallest absolute Gasteiger partial charge is 0.328 e. The first-order valence-corrected chi connectivity index (χ1v) is 10.3. The van der Waals surface area contributed by atoms with E-state index in [4.69, 9.17) is 16.6 Å². The summed E-state index contributed by atoms with van der Waals surface area (Å²) >= 11 is 0. The summed E-state index contributed by atoms with van der Waals surface area (Å²) in [5.74, 6) is -5.16. The molecule has 0 radical (unpaired) electrons. The minimum absolute atomic E-state index is 0.243. The fraction of sp³-hybridized carbons (Fsp3) is 0.737. The van der Waals surface area contributed by atoms with E-state index in [2.05, 4.69) is 16.0 Å². The summed E-state index contributed by atoms with van der Waals surface area (Å²) in [5.41, 5.74) is 10.7. The number of aliphatic hydroxyl groups is 2. The highest BCUT2D eigenvalue weighted by molar-refractivity contribution is 5.94. The first-order valence-electron chi connectivity index (χ1n) is 10.3. The number of hydrogen-bond acceptors (Lipinski definition) is 8. The summed E-state index contributed by atoms with van der Waals surface area (Å²) in [6, 6.07) is -5.44. The van der Waals surface area contributed by atoms with Crippen molar-refractivity contribution in [2.75, 3.05) is 0 Å². The molecule has 0 heterocycles. The highest BCUT2D eigenvalue weighted by atomic mass is 16.4. The number of carboxylic acid groups (broad SMARTS) is 1. The van der Waals surface area contributed by atoms with Crippen molar-refractivity contribution in [3.05, 3.63) is 0 Å². The molecule has 0 aromatic heterocycles. The number of rotatable bonds is 14. The summed E-state index contributed by atoms with van der Waals surface area (Å²) < 4.78 is 0. The van der Waals surface area contributed by atoms with Gasteiger partial charge in [0.2, 0.25) is 23.6 Å². The second kappa shape index (κ2) is 13.6. The average Bonchev–Trinajstić information content (AvgIpc) is 2.70.